The highest BCUT2D eigenvalue weighted by Gasteiger charge is 2.61. The highest BCUT2D eigenvalue weighted by Crippen LogP contribution is 2.65. The smallest absolute Gasteiger partial charge is 0.156 e. The minimum Gasteiger partial charge on any atom is -0.390 e. The van der Waals surface area contributed by atoms with Crippen LogP contribution < -0.4 is 0 Å². The lowest BCUT2D eigenvalue weighted by Gasteiger charge is -2.56. The van der Waals surface area contributed by atoms with Gasteiger partial charge in [-0.05, 0) is 79.3 Å². The monoisotopic (exact) mass is 300 g/mol. The van der Waals surface area contributed by atoms with E-state index in [1.165, 1.54) is 12.0 Å². The van der Waals surface area contributed by atoms with Crippen LogP contribution in [0.25, 0.3) is 0 Å². The van der Waals surface area contributed by atoms with Crippen LogP contribution in [0.1, 0.15) is 59.3 Å². The lowest BCUT2D eigenvalue weighted by Crippen LogP contribution is -2.52. The van der Waals surface area contributed by atoms with Gasteiger partial charge in [0.25, 0.3) is 0 Å². The third kappa shape index (κ3) is 1.68. The van der Waals surface area contributed by atoms with E-state index in [4.69, 9.17) is 0 Å². The highest BCUT2D eigenvalue weighted by molar-refractivity contribution is 5.92. The second-order valence-electron chi connectivity index (χ2n) is 8.90. The maximum Gasteiger partial charge on any atom is 0.156 e. The molecule has 2 saturated carbocycles. The molecule has 120 valence electrons. The quantitative estimate of drug-likeness (QED) is 0.733. The minimum atomic E-state index is -0.518. The van der Waals surface area contributed by atoms with E-state index in [9.17, 15) is 9.90 Å². The van der Waals surface area contributed by atoms with Crippen molar-refractivity contribution in [1.29, 1.82) is 0 Å². The maximum atomic E-state index is 11.8. The summed E-state index contributed by atoms with van der Waals surface area (Å²) in [4.78, 5) is 11.8. The van der Waals surface area contributed by atoms with Gasteiger partial charge < -0.3 is 5.11 Å². The second kappa shape index (κ2) is 4.35. The topological polar surface area (TPSA) is 37.3 Å². The van der Waals surface area contributed by atoms with E-state index in [1.807, 2.05) is 13.0 Å². The normalized spacial score (nSPS) is 53.5. The Hall–Kier alpha value is -0.890. The molecule has 2 fully saturated rings. The first kappa shape index (κ1) is 14.7. The van der Waals surface area contributed by atoms with E-state index < -0.39 is 5.60 Å². The predicted molar refractivity (Wildman–Crippen MR) is 87.2 cm³/mol. The van der Waals surface area contributed by atoms with Gasteiger partial charge in [0.15, 0.2) is 5.78 Å². The molecule has 0 amide bonds. The highest BCUT2D eigenvalue weighted by atomic mass is 16.3. The molecular weight excluding hydrogens is 272 g/mol. The third-order valence-corrected chi connectivity index (χ3v) is 8.08. The number of aliphatic hydroxyl groups is 1. The van der Waals surface area contributed by atoms with Crippen molar-refractivity contribution in [1.82, 2.24) is 0 Å². The molecule has 2 nitrogen and oxygen atoms in total. The van der Waals surface area contributed by atoms with Crippen molar-refractivity contribution in [2.24, 2.45) is 28.6 Å². The average molecular weight is 300 g/mol. The van der Waals surface area contributed by atoms with E-state index in [-0.39, 0.29) is 10.8 Å². The van der Waals surface area contributed by atoms with Crippen molar-refractivity contribution >= 4 is 5.78 Å². The van der Waals surface area contributed by atoms with Crippen LogP contribution in [0.2, 0.25) is 0 Å². The molecule has 4 aliphatic rings. The zero-order valence-corrected chi connectivity index (χ0v) is 14.1. The Morgan fingerprint density at radius 2 is 1.82 bits per heavy atom. The first-order chi connectivity index (χ1) is 10.3. The van der Waals surface area contributed by atoms with E-state index in [2.05, 4.69) is 26.0 Å². The lowest BCUT2D eigenvalue weighted by molar-refractivity contribution is -0.118. The summed E-state index contributed by atoms with van der Waals surface area (Å²) in [6.07, 6.45) is 12.6. The first-order valence-corrected chi connectivity index (χ1v) is 8.94. The number of carbonyl (C=O) groups excluding carboxylic acids is 1. The van der Waals surface area contributed by atoms with Crippen molar-refractivity contribution in [3.63, 3.8) is 0 Å². The molecule has 6 atom stereocenters. The van der Waals surface area contributed by atoms with Crippen molar-refractivity contribution < 1.29 is 9.90 Å². The maximum absolute atomic E-state index is 11.8. The van der Waals surface area contributed by atoms with Crippen LogP contribution in [0.15, 0.2) is 23.8 Å². The summed E-state index contributed by atoms with van der Waals surface area (Å²) in [5.74, 6) is 2.10. The molecule has 0 aromatic carbocycles. The van der Waals surface area contributed by atoms with E-state index in [0.29, 0.717) is 30.0 Å². The Labute approximate surface area is 133 Å². The van der Waals surface area contributed by atoms with Crippen LogP contribution in [0.3, 0.4) is 0 Å². The summed E-state index contributed by atoms with van der Waals surface area (Å²) in [6, 6.07) is 0. The van der Waals surface area contributed by atoms with Crippen LogP contribution in [-0.4, -0.2) is 16.5 Å². The third-order valence-electron chi connectivity index (χ3n) is 8.08. The molecule has 22 heavy (non-hydrogen) atoms. The van der Waals surface area contributed by atoms with E-state index in [1.54, 1.807) is 0 Å². The average Bonchev–Trinajstić information content (AvgIpc) is 2.70. The zero-order chi connectivity index (χ0) is 15.8. The largest absolute Gasteiger partial charge is 0.390 e. The molecule has 4 aliphatic carbocycles. The Kier molecular flexibility index (Phi) is 2.90. The number of rotatable bonds is 0. The SMILES string of the molecule is C[C@]1(O)CC[C@@H]2[C@H]3C=CC4=CC(=O)CC[C@@]4(C)[C@H]3CC[C@]21C. The van der Waals surface area contributed by atoms with E-state index >= 15 is 0 Å². The molecule has 0 spiro atoms. The van der Waals surface area contributed by atoms with Crippen molar-refractivity contribution in [3.05, 3.63) is 23.8 Å². The Morgan fingerprint density at radius 3 is 2.59 bits per heavy atom. The van der Waals surface area contributed by atoms with Gasteiger partial charge in [0.2, 0.25) is 0 Å². The molecule has 0 aliphatic heterocycles. The number of allylic oxidation sites excluding steroid dienone is 4. The standard InChI is InChI=1S/C20H28O2/c1-18-9-6-14(21)12-13(18)4-5-15-16(18)7-10-19(2)17(15)8-11-20(19,3)22/h4-5,12,15-17,22H,6-11H2,1-3H3/t15-,16-,17+,18+,19+,20-/m0/s1. The van der Waals surface area contributed by atoms with Gasteiger partial charge in [0.05, 0.1) is 5.60 Å². The first-order valence-electron chi connectivity index (χ1n) is 8.94. The van der Waals surface area contributed by atoms with Gasteiger partial charge in [-0.25, -0.2) is 0 Å². The molecule has 4 rings (SSSR count). The van der Waals surface area contributed by atoms with Gasteiger partial charge in [-0.1, -0.05) is 26.0 Å². The van der Waals surface area contributed by atoms with Crippen molar-refractivity contribution in [2.75, 3.05) is 0 Å². The summed E-state index contributed by atoms with van der Waals surface area (Å²) in [7, 11) is 0. The minimum absolute atomic E-state index is 0.0561. The Balaban J connectivity index is 1.76. The van der Waals surface area contributed by atoms with Crippen LogP contribution in [0.5, 0.6) is 0 Å². The molecule has 0 unspecified atom stereocenters. The van der Waals surface area contributed by atoms with Crippen molar-refractivity contribution in [3.8, 4) is 0 Å². The van der Waals surface area contributed by atoms with Gasteiger partial charge in [0, 0.05) is 6.42 Å². The summed E-state index contributed by atoms with van der Waals surface area (Å²) < 4.78 is 0. The Morgan fingerprint density at radius 1 is 1.09 bits per heavy atom. The molecule has 0 aromatic heterocycles. The van der Waals surface area contributed by atoms with E-state index in [0.717, 1.165) is 25.7 Å². The summed E-state index contributed by atoms with van der Waals surface area (Å²) in [6.45, 7) is 6.74. The van der Waals surface area contributed by atoms with Crippen LogP contribution in [-0.2, 0) is 4.79 Å². The molecule has 0 heterocycles. The fraction of sp³-hybridized carbons (Fsp3) is 0.750. The van der Waals surface area contributed by atoms with Crippen LogP contribution in [0, 0.1) is 28.6 Å². The number of ketones is 1. The van der Waals surface area contributed by atoms with Crippen molar-refractivity contribution in [2.45, 2.75) is 64.9 Å². The summed E-state index contributed by atoms with van der Waals surface area (Å²) in [5, 5.41) is 10.9. The lowest BCUT2D eigenvalue weighted by atomic mass is 9.48. The number of fused-ring (bicyclic) bond motifs is 5. The molecule has 0 radical (unpaired) electrons. The summed E-state index contributed by atoms with van der Waals surface area (Å²) >= 11 is 0. The second-order valence-corrected chi connectivity index (χ2v) is 8.90. The molecule has 2 heteroatoms. The van der Waals surface area contributed by atoms with Gasteiger partial charge in [0.1, 0.15) is 0 Å². The number of carbonyl (C=O) groups is 1. The van der Waals surface area contributed by atoms with Gasteiger partial charge in [-0.15, -0.1) is 0 Å². The Bertz CT molecular complexity index is 585. The molecular formula is C20H28O2. The number of hydrogen-bond donors (Lipinski definition) is 1. The fourth-order valence-corrected chi connectivity index (χ4v) is 6.24. The van der Waals surface area contributed by atoms with Crippen LogP contribution in [0.4, 0.5) is 0 Å². The van der Waals surface area contributed by atoms with Gasteiger partial charge in [-0.3, -0.25) is 4.79 Å². The molecule has 0 aromatic rings. The van der Waals surface area contributed by atoms with Gasteiger partial charge in [-0.2, -0.15) is 0 Å². The number of hydrogen-bond acceptors (Lipinski definition) is 2. The zero-order valence-electron chi connectivity index (χ0n) is 14.1. The van der Waals surface area contributed by atoms with Gasteiger partial charge >= 0.3 is 0 Å². The predicted octanol–water partition coefficient (Wildman–Crippen LogP) is 4.05. The molecule has 0 saturated heterocycles. The fourth-order valence-electron chi connectivity index (χ4n) is 6.24. The summed E-state index contributed by atoms with van der Waals surface area (Å²) in [5.41, 5.74) is 0.970. The van der Waals surface area contributed by atoms with Crippen LogP contribution >= 0.6 is 0 Å². The molecule has 1 N–H and O–H groups in total. The molecule has 0 bridgehead atoms.